The van der Waals surface area contributed by atoms with Crippen LogP contribution in [0.15, 0.2) is 22.7 Å². The molecule has 0 spiro atoms. The Morgan fingerprint density at radius 1 is 1.53 bits per heavy atom. The van der Waals surface area contributed by atoms with Crippen LogP contribution in [0.4, 0.5) is 4.39 Å². The molecule has 1 aromatic carbocycles. The molecule has 4 heteroatoms. The Labute approximate surface area is 109 Å². The van der Waals surface area contributed by atoms with Crippen molar-refractivity contribution < 1.29 is 9.18 Å². The van der Waals surface area contributed by atoms with Gasteiger partial charge in [0, 0.05) is 29.0 Å². The lowest BCUT2D eigenvalue weighted by molar-refractivity contribution is -0.136. The highest BCUT2D eigenvalue weighted by Gasteiger charge is 2.25. The van der Waals surface area contributed by atoms with Crippen molar-refractivity contribution in [2.75, 3.05) is 0 Å². The summed E-state index contributed by atoms with van der Waals surface area (Å²) in [6.07, 6.45) is 2.53. The average Bonchev–Trinajstić information content (AvgIpc) is 2.28. The van der Waals surface area contributed by atoms with E-state index in [1.54, 1.807) is 17.0 Å². The van der Waals surface area contributed by atoms with E-state index in [1.807, 2.05) is 6.92 Å². The minimum Gasteiger partial charge on any atom is -0.336 e. The minimum absolute atomic E-state index is 0.128. The molecular weight excluding hydrogens is 285 g/mol. The second-order valence-corrected chi connectivity index (χ2v) is 5.41. The third-order valence-electron chi connectivity index (χ3n) is 3.21. The number of amides is 1. The van der Waals surface area contributed by atoms with Crippen LogP contribution in [0.3, 0.4) is 0 Å². The first-order valence-electron chi connectivity index (χ1n) is 5.81. The lowest BCUT2D eigenvalue weighted by Crippen LogP contribution is -2.41. The quantitative estimate of drug-likeness (QED) is 0.818. The van der Waals surface area contributed by atoms with Crippen molar-refractivity contribution in [2.45, 2.75) is 38.8 Å². The molecule has 0 bridgehead atoms. The zero-order valence-corrected chi connectivity index (χ0v) is 11.3. The summed E-state index contributed by atoms with van der Waals surface area (Å²) in [6.45, 7) is 2.39. The molecule has 92 valence electrons. The molecule has 1 amide bonds. The molecule has 0 N–H and O–H groups in total. The molecular formula is C13H15BrFNO. The fraction of sp³-hybridized carbons (Fsp3) is 0.462. The second-order valence-electron chi connectivity index (χ2n) is 4.50. The van der Waals surface area contributed by atoms with E-state index in [0.717, 1.165) is 17.3 Å². The highest BCUT2D eigenvalue weighted by molar-refractivity contribution is 9.10. The van der Waals surface area contributed by atoms with Gasteiger partial charge < -0.3 is 4.90 Å². The summed E-state index contributed by atoms with van der Waals surface area (Å²) in [6, 6.07) is 5.04. The van der Waals surface area contributed by atoms with Gasteiger partial charge in [-0.3, -0.25) is 4.79 Å². The Hall–Kier alpha value is -0.900. The van der Waals surface area contributed by atoms with E-state index in [4.69, 9.17) is 0 Å². The summed E-state index contributed by atoms with van der Waals surface area (Å²) >= 11 is 3.32. The first-order valence-corrected chi connectivity index (χ1v) is 6.60. The Balaban J connectivity index is 2.18. The molecule has 17 heavy (non-hydrogen) atoms. The van der Waals surface area contributed by atoms with Crippen molar-refractivity contribution >= 4 is 21.8 Å². The maximum atomic E-state index is 13.6. The summed E-state index contributed by atoms with van der Waals surface area (Å²) in [4.78, 5) is 13.6. The number of carbonyl (C=O) groups excluding carboxylic acids is 1. The number of rotatable bonds is 2. The first kappa shape index (κ1) is 12.6. The van der Waals surface area contributed by atoms with E-state index in [2.05, 4.69) is 15.9 Å². The number of piperidine rings is 1. The summed E-state index contributed by atoms with van der Waals surface area (Å²) in [5, 5.41) is 0. The average molecular weight is 300 g/mol. The molecule has 1 aliphatic heterocycles. The summed E-state index contributed by atoms with van der Waals surface area (Å²) in [5.74, 6) is -0.123. The van der Waals surface area contributed by atoms with E-state index in [0.29, 0.717) is 18.5 Å². The highest BCUT2D eigenvalue weighted by atomic mass is 79.9. The molecule has 1 fully saturated rings. The Kier molecular flexibility index (Phi) is 3.82. The summed E-state index contributed by atoms with van der Waals surface area (Å²) < 4.78 is 14.5. The van der Waals surface area contributed by atoms with Crippen molar-refractivity contribution in [3.63, 3.8) is 0 Å². The number of carbonyl (C=O) groups is 1. The van der Waals surface area contributed by atoms with Gasteiger partial charge in [0.15, 0.2) is 0 Å². The molecule has 2 nitrogen and oxygen atoms in total. The molecule has 1 atom stereocenters. The standard InChI is InChI=1S/C13H15BrFNO/c1-9-3-2-4-13(17)16(9)8-10-7-11(14)5-6-12(10)15/h5-7,9H,2-4,8H2,1H3. The SMILES string of the molecule is CC1CCCC(=O)N1Cc1cc(Br)ccc1F. The zero-order valence-electron chi connectivity index (χ0n) is 9.75. The van der Waals surface area contributed by atoms with Crippen LogP contribution in [0.25, 0.3) is 0 Å². The van der Waals surface area contributed by atoms with Gasteiger partial charge in [0.2, 0.25) is 5.91 Å². The van der Waals surface area contributed by atoms with Gasteiger partial charge in [0.1, 0.15) is 5.82 Å². The van der Waals surface area contributed by atoms with E-state index < -0.39 is 0 Å². The molecule has 2 rings (SSSR count). The van der Waals surface area contributed by atoms with Crippen LogP contribution in [-0.4, -0.2) is 16.8 Å². The summed E-state index contributed by atoms with van der Waals surface area (Å²) in [7, 11) is 0. The van der Waals surface area contributed by atoms with Gasteiger partial charge in [-0.2, -0.15) is 0 Å². The van der Waals surface area contributed by atoms with Crippen LogP contribution >= 0.6 is 15.9 Å². The smallest absolute Gasteiger partial charge is 0.223 e. The predicted molar refractivity (Wildman–Crippen MR) is 68.0 cm³/mol. The third kappa shape index (κ3) is 2.86. The number of likely N-dealkylation sites (tertiary alicyclic amines) is 1. The molecule has 0 aliphatic carbocycles. The monoisotopic (exact) mass is 299 g/mol. The van der Waals surface area contributed by atoms with Gasteiger partial charge >= 0.3 is 0 Å². The Morgan fingerprint density at radius 2 is 2.29 bits per heavy atom. The van der Waals surface area contributed by atoms with Crippen molar-refractivity contribution in [1.82, 2.24) is 4.90 Å². The van der Waals surface area contributed by atoms with Crippen molar-refractivity contribution in [3.05, 3.63) is 34.1 Å². The number of hydrogen-bond acceptors (Lipinski definition) is 1. The van der Waals surface area contributed by atoms with Crippen LogP contribution in [0.1, 0.15) is 31.7 Å². The third-order valence-corrected chi connectivity index (χ3v) is 3.71. The number of hydrogen-bond donors (Lipinski definition) is 0. The van der Waals surface area contributed by atoms with Gasteiger partial charge in [-0.05, 0) is 38.0 Å². The topological polar surface area (TPSA) is 20.3 Å². The van der Waals surface area contributed by atoms with Crippen LogP contribution in [0, 0.1) is 5.82 Å². The predicted octanol–water partition coefficient (Wildman–Crippen LogP) is 3.49. The first-order chi connectivity index (χ1) is 8.08. The molecule has 1 unspecified atom stereocenters. The molecule has 1 aliphatic rings. The van der Waals surface area contributed by atoms with E-state index in [1.165, 1.54) is 6.07 Å². The normalized spacial score (nSPS) is 20.8. The van der Waals surface area contributed by atoms with Crippen LogP contribution in [0.5, 0.6) is 0 Å². The summed E-state index contributed by atoms with van der Waals surface area (Å²) in [5.41, 5.74) is 0.571. The number of benzene rings is 1. The maximum Gasteiger partial charge on any atom is 0.223 e. The lowest BCUT2D eigenvalue weighted by atomic mass is 10.0. The zero-order chi connectivity index (χ0) is 12.4. The van der Waals surface area contributed by atoms with Crippen molar-refractivity contribution in [2.24, 2.45) is 0 Å². The van der Waals surface area contributed by atoms with Crippen LogP contribution < -0.4 is 0 Å². The van der Waals surface area contributed by atoms with Crippen molar-refractivity contribution in [3.8, 4) is 0 Å². The fourth-order valence-electron chi connectivity index (χ4n) is 2.19. The van der Waals surface area contributed by atoms with Crippen molar-refractivity contribution in [1.29, 1.82) is 0 Å². The fourth-order valence-corrected chi connectivity index (χ4v) is 2.59. The van der Waals surface area contributed by atoms with E-state index in [9.17, 15) is 9.18 Å². The maximum absolute atomic E-state index is 13.6. The second kappa shape index (κ2) is 5.17. The molecule has 1 aromatic rings. The molecule has 1 heterocycles. The number of halogens is 2. The highest BCUT2D eigenvalue weighted by Crippen LogP contribution is 2.23. The molecule has 0 saturated carbocycles. The van der Waals surface area contributed by atoms with E-state index >= 15 is 0 Å². The molecule has 0 radical (unpaired) electrons. The Morgan fingerprint density at radius 3 is 3.00 bits per heavy atom. The molecule has 1 saturated heterocycles. The van der Waals surface area contributed by atoms with Crippen LogP contribution in [0.2, 0.25) is 0 Å². The van der Waals surface area contributed by atoms with Gasteiger partial charge in [-0.1, -0.05) is 15.9 Å². The lowest BCUT2D eigenvalue weighted by Gasteiger charge is -2.33. The van der Waals surface area contributed by atoms with Gasteiger partial charge in [0.05, 0.1) is 0 Å². The Bertz CT molecular complexity index is 435. The largest absolute Gasteiger partial charge is 0.336 e. The minimum atomic E-state index is -0.251. The number of nitrogens with zero attached hydrogens (tertiary/aromatic N) is 1. The van der Waals surface area contributed by atoms with E-state index in [-0.39, 0.29) is 17.8 Å². The van der Waals surface area contributed by atoms with Gasteiger partial charge in [-0.15, -0.1) is 0 Å². The van der Waals surface area contributed by atoms with Gasteiger partial charge in [0.25, 0.3) is 0 Å². The van der Waals surface area contributed by atoms with Gasteiger partial charge in [-0.25, -0.2) is 4.39 Å². The van der Waals surface area contributed by atoms with Crippen LogP contribution in [-0.2, 0) is 11.3 Å². The molecule has 0 aromatic heterocycles.